The summed E-state index contributed by atoms with van der Waals surface area (Å²) in [6, 6.07) is -0.859. The third-order valence-corrected chi connectivity index (χ3v) is 3.09. The minimum absolute atomic E-state index is 0.0375. The molecule has 2 unspecified atom stereocenters. The molecule has 0 aliphatic heterocycles. The van der Waals surface area contributed by atoms with E-state index < -0.39 is 12.0 Å². The van der Waals surface area contributed by atoms with Gasteiger partial charge in [0.05, 0.1) is 0 Å². The third-order valence-electron chi connectivity index (χ3n) is 3.09. The summed E-state index contributed by atoms with van der Waals surface area (Å²) in [6.45, 7) is 3.66. The highest BCUT2D eigenvalue weighted by molar-refractivity contribution is 5.84. The summed E-state index contributed by atoms with van der Waals surface area (Å²) in [4.78, 5) is 35.4. The van der Waals surface area contributed by atoms with E-state index >= 15 is 0 Å². The zero-order valence-corrected chi connectivity index (χ0v) is 12.1. The third kappa shape index (κ3) is 6.79. The second-order valence-electron chi connectivity index (χ2n) is 4.91. The second kappa shape index (κ2) is 8.50. The second-order valence-corrected chi connectivity index (χ2v) is 4.91. The number of hydrogen-bond acceptors (Lipinski definition) is 3. The molecule has 0 fully saturated rings. The number of nitrogens with zero attached hydrogens (tertiary/aromatic N) is 1. The summed E-state index contributed by atoms with van der Waals surface area (Å²) >= 11 is 0. The van der Waals surface area contributed by atoms with Gasteiger partial charge in [-0.25, -0.2) is 4.79 Å². The molecule has 2 N–H and O–H groups in total. The fraction of sp³-hybridized carbons (Fsp3) is 0.769. The van der Waals surface area contributed by atoms with Gasteiger partial charge in [-0.1, -0.05) is 20.3 Å². The number of hydrogen-bond donors (Lipinski definition) is 2. The molecule has 0 aromatic heterocycles. The Morgan fingerprint density at radius 1 is 1.21 bits per heavy atom. The molecule has 0 heterocycles. The number of aliphatic carboxylic acids is 1. The number of amides is 2. The van der Waals surface area contributed by atoms with Crippen molar-refractivity contribution in [2.75, 3.05) is 14.1 Å². The van der Waals surface area contributed by atoms with Crippen LogP contribution in [-0.2, 0) is 14.4 Å². The normalized spacial score (nSPS) is 13.5. The monoisotopic (exact) mass is 272 g/mol. The molecular weight excluding hydrogens is 248 g/mol. The summed E-state index contributed by atoms with van der Waals surface area (Å²) < 4.78 is 0. The molecule has 0 rings (SSSR count). The van der Waals surface area contributed by atoms with Gasteiger partial charge in [0, 0.05) is 26.9 Å². The summed E-state index contributed by atoms with van der Waals surface area (Å²) in [5.74, 6) is -1.50. The summed E-state index contributed by atoms with van der Waals surface area (Å²) in [7, 11) is 3.32. The minimum atomic E-state index is -1.02. The van der Waals surface area contributed by atoms with Gasteiger partial charge in [0.25, 0.3) is 0 Å². The van der Waals surface area contributed by atoms with Gasteiger partial charge in [0.2, 0.25) is 11.8 Å². The SMILES string of the molecule is CCC(C)C(NC(=O)CCCC(=O)N(C)C)C(=O)O. The van der Waals surface area contributed by atoms with Crippen molar-refractivity contribution < 1.29 is 19.5 Å². The molecule has 6 heteroatoms. The largest absolute Gasteiger partial charge is 0.480 e. The maximum absolute atomic E-state index is 11.6. The Morgan fingerprint density at radius 3 is 2.21 bits per heavy atom. The first kappa shape index (κ1) is 17.4. The van der Waals surface area contributed by atoms with Gasteiger partial charge >= 0.3 is 5.97 Å². The average Bonchev–Trinajstić information content (AvgIpc) is 2.34. The number of carbonyl (C=O) groups is 3. The first-order chi connectivity index (χ1) is 8.79. The van der Waals surface area contributed by atoms with E-state index in [0.717, 1.165) is 0 Å². The zero-order valence-electron chi connectivity index (χ0n) is 12.1. The zero-order chi connectivity index (χ0) is 15.0. The van der Waals surface area contributed by atoms with Crippen molar-refractivity contribution in [1.82, 2.24) is 10.2 Å². The highest BCUT2D eigenvalue weighted by Gasteiger charge is 2.24. The van der Waals surface area contributed by atoms with E-state index in [1.165, 1.54) is 4.90 Å². The van der Waals surface area contributed by atoms with E-state index in [0.29, 0.717) is 19.3 Å². The molecule has 0 saturated carbocycles. The van der Waals surface area contributed by atoms with Gasteiger partial charge in [-0.3, -0.25) is 9.59 Å². The van der Waals surface area contributed by atoms with Crippen molar-refractivity contribution >= 4 is 17.8 Å². The maximum atomic E-state index is 11.6. The minimum Gasteiger partial charge on any atom is -0.480 e. The standard InChI is InChI=1S/C13H24N2O4/c1-5-9(2)12(13(18)19)14-10(16)7-6-8-11(17)15(3)4/h9,12H,5-8H2,1-4H3,(H,14,16)(H,18,19). The molecule has 0 aliphatic carbocycles. The molecule has 0 spiro atoms. The van der Waals surface area contributed by atoms with Gasteiger partial charge in [-0.15, -0.1) is 0 Å². The number of carboxylic acid groups (broad SMARTS) is 1. The molecule has 6 nitrogen and oxygen atoms in total. The average molecular weight is 272 g/mol. The first-order valence-corrected chi connectivity index (χ1v) is 6.51. The molecule has 0 aromatic carbocycles. The van der Waals surface area contributed by atoms with E-state index in [9.17, 15) is 14.4 Å². The predicted molar refractivity (Wildman–Crippen MR) is 71.6 cm³/mol. The van der Waals surface area contributed by atoms with Crippen molar-refractivity contribution in [2.24, 2.45) is 5.92 Å². The van der Waals surface area contributed by atoms with Crippen LogP contribution >= 0.6 is 0 Å². The van der Waals surface area contributed by atoms with E-state index in [2.05, 4.69) is 5.32 Å². The number of carbonyl (C=O) groups excluding carboxylic acids is 2. The van der Waals surface area contributed by atoms with Crippen LogP contribution in [0.25, 0.3) is 0 Å². The lowest BCUT2D eigenvalue weighted by molar-refractivity contribution is -0.143. The molecule has 0 aliphatic rings. The fourth-order valence-electron chi connectivity index (χ4n) is 1.55. The van der Waals surface area contributed by atoms with Gasteiger partial charge in [-0.05, 0) is 12.3 Å². The molecule has 19 heavy (non-hydrogen) atoms. The van der Waals surface area contributed by atoms with Crippen LogP contribution in [0.4, 0.5) is 0 Å². The molecule has 0 saturated heterocycles. The van der Waals surface area contributed by atoms with E-state index in [-0.39, 0.29) is 24.2 Å². The van der Waals surface area contributed by atoms with Crippen molar-refractivity contribution in [1.29, 1.82) is 0 Å². The topological polar surface area (TPSA) is 86.7 Å². The lowest BCUT2D eigenvalue weighted by Crippen LogP contribution is -2.45. The van der Waals surface area contributed by atoms with Crippen LogP contribution in [0.15, 0.2) is 0 Å². The Morgan fingerprint density at radius 2 is 1.79 bits per heavy atom. The Hall–Kier alpha value is -1.59. The Balaban J connectivity index is 4.14. The van der Waals surface area contributed by atoms with Crippen LogP contribution < -0.4 is 5.32 Å². The van der Waals surface area contributed by atoms with Gasteiger partial charge in [-0.2, -0.15) is 0 Å². The van der Waals surface area contributed by atoms with Crippen LogP contribution in [0.3, 0.4) is 0 Å². The van der Waals surface area contributed by atoms with Crippen LogP contribution in [0, 0.1) is 5.92 Å². The van der Waals surface area contributed by atoms with Crippen molar-refractivity contribution in [3.8, 4) is 0 Å². The van der Waals surface area contributed by atoms with E-state index in [1.54, 1.807) is 21.0 Å². The predicted octanol–water partition coefficient (Wildman–Crippen LogP) is 0.860. The van der Waals surface area contributed by atoms with E-state index in [1.807, 2.05) is 6.92 Å². The Labute approximate surface area is 114 Å². The lowest BCUT2D eigenvalue weighted by Gasteiger charge is -2.20. The summed E-state index contributed by atoms with van der Waals surface area (Å²) in [5.41, 5.74) is 0. The molecular formula is C13H24N2O4. The van der Waals surface area contributed by atoms with Crippen LogP contribution in [0.2, 0.25) is 0 Å². The van der Waals surface area contributed by atoms with Crippen molar-refractivity contribution in [3.63, 3.8) is 0 Å². The van der Waals surface area contributed by atoms with Crippen LogP contribution in [0.5, 0.6) is 0 Å². The first-order valence-electron chi connectivity index (χ1n) is 6.51. The highest BCUT2D eigenvalue weighted by atomic mass is 16.4. The van der Waals surface area contributed by atoms with Crippen LogP contribution in [-0.4, -0.2) is 47.9 Å². The van der Waals surface area contributed by atoms with Crippen LogP contribution in [0.1, 0.15) is 39.5 Å². The molecule has 0 aromatic rings. The summed E-state index contributed by atoms with van der Waals surface area (Å²) in [6.07, 6.45) is 1.56. The quantitative estimate of drug-likeness (QED) is 0.686. The van der Waals surface area contributed by atoms with E-state index in [4.69, 9.17) is 5.11 Å². The van der Waals surface area contributed by atoms with Crippen molar-refractivity contribution in [3.05, 3.63) is 0 Å². The molecule has 110 valence electrons. The molecule has 2 amide bonds. The van der Waals surface area contributed by atoms with Gasteiger partial charge in [0.1, 0.15) is 6.04 Å². The lowest BCUT2D eigenvalue weighted by atomic mass is 9.99. The van der Waals surface area contributed by atoms with Gasteiger partial charge < -0.3 is 15.3 Å². The Bertz CT molecular complexity index is 329. The summed E-state index contributed by atoms with van der Waals surface area (Å²) in [5, 5.41) is 11.5. The number of carboxylic acids is 1. The smallest absolute Gasteiger partial charge is 0.326 e. The molecule has 2 atom stereocenters. The number of nitrogens with one attached hydrogen (secondary N) is 1. The Kier molecular flexibility index (Phi) is 7.79. The molecule has 0 bridgehead atoms. The highest BCUT2D eigenvalue weighted by Crippen LogP contribution is 2.08. The van der Waals surface area contributed by atoms with Crippen molar-refractivity contribution in [2.45, 2.75) is 45.6 Å². The molecule has 0 radical (unpaired) electrons. The van der Waals surface area contributed by atoms with Gasteiger partial charge in [0.15, 0.2) is 0 Å². The maximum Gasteiger partial charge on any atom is 0.326 e. The fourth-order valence-corrected chi connectivity index (χ4v) is 1.55. The number of rotatable bonds is 8.